The van der Waals surface area contributed by atoms with Gasteiger partial charge >= 0.3 is 0 Å². The zero-order valence-corrected chi connectivity index (χ0v) is 11.2. The highest BCUT2D eigenvalue weighted by Crippen LogP contribution is 2.18. The average Bonchev–Trinajstić information content (AvgIpc) is 2.94. The molecule has 1 aromatic heterocycles. The van der Waals surface area contributed by atoms with Crippen molar-refractivity contribution in [3.05, 3.63) is 16.1 Å². The standard InChI is InChI=1S/C12H21N3OS/c1-15-5-2-3-11(15)4-6-16-8-10-9-17-12(7-13)14-10/h9,11H,2-8,13H2,1H3. The normalized spacial score (nSPS) is 21.2. The average molecular weight is 255 g/mol. The van der Waals surface area contributed by atoms with E-state index in [4.69, 9.17) is 10.5 Å². The van der Waals surface area contributed by atoms with Crippen LogP contribution >= 0.6 is 11.3 Å². The minimum Gasteiger partial charge on any atom is -0.375 e. The summed E-state index contributed by atoms with van der Waals surface area (Å²) < 4.78 is 5.66. The quantitative estimate of drug-likeness (QED) is 0.785. The molecule has 0 bridgehead atoms. The van der Waals surface area contributed by atoms with Crippen LogP contribution in [0.25, 0.3) is 0 Å². The lowest BCUT2D eigenvalue weighted by atomic mass is 10.1. The molecule has 0 spiro atoms. The number of aromatic nitrogens is 1. The number of likely N-dealkylation sites (tertiary alicyclic amines) is 1. The molecule has 0 amide bonds. The molecule has 1 saturated heterocycles. The summed E-state index contributed by atoms with van der Waals surface area (Å²) >= 11 is 1.61. The molecule has 1 aromatic rings. The molecular weight excluding hydrogens is 234 g/mol. The molecule has 0 aliphatic carbocycles. The fraction of sp³-hybridized carbons (Fsp3) is 0.750. The van der Waals surface area contributed by atoms with Gasteiger partial charge in [-0.15, -0.1) is 11.3 Å². The fourth-order valence-electron chi connectivity index (χ4n) is 2.25. The smallest absolute Gasteiger partial charge is 0.107 e. The predicted octanol–water partition coefficient (Wildman–Crippen LogP) is 1.60. The minimum absolute atomic E-state index is 0.525. The molecule has 0 saturated carbocycles. The zero-order chi connectivity index (χ0) is 12.1. The molecule has 2 heterocycles. The lowest BCUT2D eigenvalue weighted by molar-refractivity contribution is 0.0995. The van der Waals surface area contributed by atoms with Gasteiger partial charge in [-0.25, -0.2) is 4.98 Å². The van der Waals surface area contributed by atoms with E-state index in [1.54, 1.807) is 11.3 Å². The monoisotopic (exact) mass is 255 g/mol. The van der Waals surface area contributed by atoms with Gasteiger partial charge in [0, 0.05) is 24.6 Å². The van der Waals surface area contributed by atoms with Crippen molar-refractivity contribution in [2.75, 3.05) is 20.2 Å². The van der Waals surface area contributed by atoms with E-state index in [2.05, 4.69) is 16.9 Å². The van der Waals surface area contributed by atoms with E-state index in [-0.39, 0.29) is 0 Å². The van der Waals surface area contributed by atoms with Gasteiger partial charge < -0.3 is 15.4 Å². The highest BCUT2D eigenvalue weighted by atomic mass is 32.1. The van der Waals surface area contributed by atoms with Crippen molar-refractivity contribution in [1.82, 2.24) is 9.88 Å². The Morgan fingerprint density at radius 2 is 2.53 bits per heavy atom. The number of nitrogens with zero attached hydrogens (tertiary/aromatic N) is 2. The van der Waals surface area contributed by atoms with Crippen LogP contribution in [0.2, 0.25) is 0 Å². The fourth-order valence-corrected chi connectivity index (χ4v) is 2.91. The first-order valence-electron chi connectivity index (χ1n) is 6.21. The number of hydrogen-bond donors (Lipinski definition) is 1. The summed E-state index contributed by atoms with van der Waals surface area (Å²) in [6, 6.07) is 0.713. The summed E-state index contributed by atoms with van der Waals surface area (Å²) in [5.74, 6) is 0. The second kappa shape index (κ2) is 6.44. The second-order valence-electron chi connectivity index (χ2n) is 4.55. The van der Waals surface area contributed by atoms with Crippen LogP contribution in [0.15, 0.2) is 5.38 Å². The summed E-state index contributed by atoms with van der Waals surface area (Å²) in [4.78, 5) is 6.80. The van der Waals surface area contributed by atoms with Crippen LogP contribution in [-0.4, -0.2) is 36.1 Å². The highest BCUT2D eigenvalue weighted by Gasteiger charge is 2.19. The van der Waals surface area contributed by atoms with Crippen LogP contribution < -0.4 is 5.73 Å². The third-order valence-corrected chi connectivity index (χ3v) is 4.21. The number of rotatable bonds is 6. The van der Waals surface area contributed by atoms with E-state index in [0.717, 1.165) is 23.7 Å². The van der Waals surface area contributed by atoms with Crippen LogP contribution in [0.5, 0.6) is 0 Å². The van der Waals surface area contributed by atoms with Gasteiger partial charge in [0.25, 0.3) is 0 Å². The van der Waals surface area contributed by atoms with E-state index >= 15 is 0 Å². The molecule has 4 nitrogen and oxygen atoms in total. The van der Waals surface area contributed by atoms with Crippen LogP contribution in [0, 0.1) is 0 Å². The molecule has 0 aromatic carbocycles. The first kappa shape index (κ1) is 13.0. The van der Waals surface area contributed by atoms with Crippen molar-refractivity contribution in [3.63, 3.8) is 0 Å². The lowest BCUT2D eigenvalue weighted by Crippen LogP contribution is -2.26. The van der Waals surface area contributed by atoms with Crippen LogP contribution in [-0.2, 0) is 17.9 Å². The molecule has 96 valence electrons. The van der Waals surface area contributed by atoms with Gasteiger partial charge in [-0.1, -0.05) is 0 Å². The summed E-state index contributed by atoms with van der Waals surface area (Å²) in [6.07, 6.45) is 3.77. The molecule has 1 atom stereocenters. The molecule has 1 aliphatic heterocycles. The largest absolute Gasteiger partial charge is 0.375 e. The van der Waals surface area contributed by atoms with Crippen molar-refractivity contribution < 1.29 is 4.74 Å². The van der Waals surface area contributed by atoms with Crippen molar-refractivity contribution in [3.8, 4) is 0 Å². The maximum atomic E-state index is 5.66. The zero-order valence-electron chi connectivity index (χ0n) is 10.4. The van der Waals surface area contributed by atoms with Gasteiger partial charge in [-0.05, 0) is 32.9 Å². The Kier molecular flexibility index (Phi) is 4.91. The minimum atomic E-state index is 0.525. The van der Waals surface area contributed by atoms with Gasteiger partial charge in [-0.2, -0.15) is 0 Å². The Labute approximate surface area is 107 Å². The van der Waals surface area contributed by atoms with Gasteiger partial charge in [0.2, 0.25) is 0 Å². The summed E-state index contributed by atoms with van der Waals surface area (Å²) in [7, 11) is 2.20. The highest BCUT2D eigenvalue weighted by molar-refractivity contribution is 7.09. The number of ether oxygens (including phenoxy) is 1. The predicted molar refractivity (Wildman–Crippen MR) is 69.9 cm³/mol. The van der Waals surface area contributed by atoms with Crippen LogP contribution in [0.4, 0.5) is 0 Å². The first-order valence-corrected chi connectivity index (χ1v) is 7.09. The second-order valence-corrected chi connectivity index (χ2v) is 5.50. The maximum Gasteiger partial charge on any atom is 0.107 e. The van der Waals surface area contributed by atoms with Gasteiger partial charge in [0.05, 0.1) is 12.3 Å². The molecule has 17 heavy (non-hydrogen) atoms. The maximum absolute atomic E-state index is 5.66. The summed E-state index contributed by atoms with van der Waals surface area (Å²) in [5.41, 5.74) is 6.53. The molecule has 1 unspecified atom stereocenters. The lowest BCUT2D eigenvalue weighted by Gasteiger charge is -2.18. The van der Waals surface area contributed by atoms with Crippen molar-refractivity contribution in [2.45, 2.75) is 38.5 Å². The van der Waals surface area contributed by atoms with Gasteiger partial charge in [0.15, 0.2) is 0 Å². The van der Waals surface area contributed by atoms with E-state index in [1.807, 2.05) is 5.38 Å². The van der Waals surface area contributed by atoms with Gasteiger partial charge in [-0.3, -0.25) is 0 Å². The van der Waals surface area contributed by atoms with Gasteiger partial charge in [0.1, 0.15) is 5.01 Å². The van der Waals surface area contributed by atoms with Crippen LogP contribution in [0.1, 0.15) is 30.0 Å². The summed E-state index contributed by atoms with van der Waals surface area (Å²) in [6.45, 7) is 3.20. The molecule has 0 radical (unpaired) electrons. The van der Waals surface area contributed by atoms with Crippen LogP contribution in [0.3, 0.4) is 0 Å². The van der Waals surface area contributed by atoms with E-state index in [0.29, 0.717) is 19.2 Å². The Balaban J connectivity index is 1.62. The Bertz CT molecular complexity index is 342. The molecule has 2 N–H and O–H groups in total. The number of hydrogen-bond acceptors (Lipinski definition) is 5. The molecule has 5 heteroatoms. The molecule has 1 aliphatic rings. The van der Waals surface area contributed by atoms with E-state index in [1.165, 1.54) is 19.4 Å². The van der Waals surface area contributed by atoms with Crippen molar-refractivity contribution in [2.24, 2.45) is 5.73 Å². The number of nitrogens with two attached hydrogens (primary N) is 1. The number of thiazole rings is 1. The molecular formula is C12H21N3OS. The first-order chi connectivity index (χ1) is 8.29. The van der Waals surface area contributed by atoms with E-state index in [9.17, 15) is 0 Å². The Morgan fingerprint density at radius 1 is 1.65 bits per heavy atom. The third kappa shape index (κ3) is 3.74. The molecule has 2 rings (SSSR count). The van der Waals surface area contributed by atoms with Crippen molar-refractivity contribution in [1.29, 1.82) is 0 Å². The SMILES string of the molecule is CN1CCCC1CCOCc1csc(CN)n1. The van der Waals surface area contributed by atoms with E-state index < -0.39 is 0 Å². The molecule has 1 fully saturated rings. The Hall–Kier alpha value is -0.490. The van der Waals surface area contributed by atoms with Crippen molar-refractivity contribution >= 4 is 11.3 Å². The summed E-state index contributed by atoms with van der Waals surface area (Å²) in [5, 5.41) is 3.02. The third-order valence-electron chi connectivity index (χ3n) is 3.29. The Morgan fingerprint density at radius 3 is 3.18 bits per heavy atom. The topological polar surface area (TPSA) is 51.4 Å².